The molecule has 2 heterocycles. The third-order valence-electron chi connectivity index (χ3n) is 5.91. The van der Waals surface area contributed by atoms with Gasteiger partial charge in [-0.05, 0) is 41.8 Å². The Labute approximate surface area is 182 Å². The smallest absolute Gasteiger partial charge is 0.128 e. The SMILES string of the molecule is CN(c1ccc(Cl)cn1)C(Cc1ccccc1)C1CNCC1c1ccc(Cl)cc1. The minimum Gasteiger partial charge on any atom is -0.356 e. The van der Waals surface area contributed by atoms with Crippen molar-refractivity contribution in [1.29, 1.82) is 0 Å². The van der Waals surface area contributed by atoms with E-state index in [1.807, 2.05) is 24.3 Å². The second-order valence-corrected chi connectivity index (χ2v) is 8.56. The van der Waals surface area contributed by atoms with Gasteiger partial charge in [0.1, 0.15) is 5.82 Å². The van der Waals surface area contributed by atoms with Gasteiger partial charge in [-0.1, -0.05) is 65.7 Å². The summed E-state index contributed by atoms with van der Waals surface area (Å²) >= 11 is 12.2. The number of halogens is 2. The molecule has 1 saturated heterocycles. The Bertz CT molecular complexity index is 913. The molecule has 3 nitrogen and oxygen atoms in total. The molecule has 3 aromatic rings. The first-order chi connectivity index (χ1) is 14.1. The number of anilines is 1. The summed E-state index contributed by atoms with van der Waals surface area (Å²) in [5.74, 6) is 1.81. The second-order valence-electron chi connectivity index (χ2n) is 7.68. The standard InChI is InChI=1S/C24H25Cl2N3/c1-29(24-12-11-20(26)14-28-24)23(13-17-5-3-2-4-6-17)22-16-27-15-21(22)18-7-9-19(25)10-8-18/h2-12,14,21-23,27H,13,15-16H2,1H3. The van der Waals surface area contributed by atoms with Gasteiger partial charge >= 0.3 is 0 Å². The molecular formula is C24H25Cl2N3. The molecule has 29 heavy (non-hydrogen) atoms. The van der Waals surface area contributed by atoms with Crippen LogP contribution in [-0.4, -0.2) is 31.2 Å². The number of aromatic nitrogens is 1. The second kappa shape index (κ2) is 9.17. The van der Waals surface area contributed by atoms with E-state index in [1.165, 1.54) is 11.1 Å². The molecule has 0 radical (unpaired) electrons. The topological polar surface area (TPSA) is 28.2 Å². The maximum Gasteiger partial charge on any atom is 0.128 e. The quantitative estimate of drug-likeness (QED) is 0.569. The summed E-state index contributed by atoms with van der Waals surface area (Å²) in [5, 5.41) is 5.05. The third kappa shape index (κ3) is 4.75. The highest BCUT2D eigenvalue weighted by Gasteiger charge is 2.37. The maximum atomic E-state index is 6.12. The summed E-state index contributed by atoms with van der Waals surface area (Å²) in [5.41, 5.74) is 2.67. The Kier molecular flexibility index (Phi) is 6.39. The molecule has 5 heteroatoms. The lowest BCUT2D eigenvalue weighted by Crippen LogP contribution is -2.43. The van der Waals surface area contributed by atoms with E-state index in [0.29, 0.717) is 22.9 Å². The fourth-order valence-corrected chi connectivity index (χ4v) is 4.59. The van der Waals surface area contributed by atoms with E-state index in [-0.39, 0.29) is 0 Å². The van der Waals surface area contributed by atoms with E-state index >= 15 is 0 Å². The van der Waals surface area contributed by atoms with Crippen molar-refractivity contribution >= 4 is 29.0 Å². The molecule has 1 aliphatic heterocycles. The summed E-state index contributed by atoms with van der Waals surface area (Å²) in [4.78, 5) is 6.89. The normalized spacial score (nSPS) is 19.8. The Balaban J connectivity index is 1.66. The largest absolute Gasteiger partial charge is 0.356 e. The van der Waals surface area contributed by atoms with Crippen LogP contribution in [0.15, 0.2) is 72.9 Å². The zero-order chi connectivity index (χ0) is 20.2. The van der Waals surface area contributed by atoms with Crippen molar-refractivity contribution in [3.05, 3.63) is 94.1 Å². The fourth-order valence-electron chi connectivity index (χ4n) is 4.36. The average Bonchev–Trinajstić information content (AvgIpc) is 3.23. The van der Waals surface area contributed by atoms with Crippen LogP contribution in [0.25, 0.3) is 0 Å². The number of hydrogen-bond acceptors (Lipinski definition) is 3. The molecule has 1 N–H and O–H groups in total. The van der Waals surface area contributed by atoms with Gasteiger partial charge in [0.25, 0.3) is 0 Å². The lowest BCUT2D eigenvalue weighted by Gasteiger charge is -2.36. The predicted octanol–water partition coefficient (Wildman–Crippen LogP) is 5.44. The molecule has 0 spiro atoms. The van der Waals surface area contributed by atoms with Crippen LogP contribution in [0.3, 0.4) is 0 Å². The lowest BCUT2D eigenvalue weighted by atomic mass is 9.81. The van der Waals surface area contributed by atoms with Crippen LogP contribution in [0.5, 0.6) is 0 Å². The Morgan fingerprint density at radius 2 is 1.69 bits per heavy atom. The van der Waals surface area contributed by atoms with Crippen LogP contribution in [-0.2, 0) is 6.42 Å². The summed E-state index contributed by atoms with van der Waals surface area (Å²) in [6.07, 6.45) is 2.68. The zero-order valence-corrected chi connectivity index (χ0v) is 17.9. The van der Waals surface area contributed by atoms with Crippen LogP contribution in [0.4, 0.5) is 5.82 Å². The highest BCUT2D eigenvalue weighted by Crippen LogP contribution is 2.35. The van der Waals surface area contributed by atoms with Gasteiger partial charge in [-0.25, -0.2) is 4.98 Å². The third-order valence-corrected chi connectivity index (χ3v) is 6.39. The van der Waals surface area contributed by atoms with Crippen molar-refractivity contribution in [2.75, 3.05) is 25.0 Å². The van der Waals surface area contributed by atoms with Crippen molar-refractivity contribution in [2.45, 2.75) is 18.4 Å². The first-order valence-corrected chi connectivity index (χ1v) is 10.7. The van der Waals surface area contributed by atoms with E-state index < -0.39 is 0 Å². The summed E-state index contributed by atoms with van der Waals surface area (Å²) < 4.78 is 0. The van der Waals surface area contributed by atoms with E-state index in [2.05, 4.69) is 64.7 Å². The monoisotopic (exact) mass is 425 g/mol. The van der Waals surface area contributed by atoms with Gasteiger partial charge < -0.3 is 10.2 Å². The molecule has 0 saturated carbocycles. The molecule has 150 valence electrons. The maximum absolute atomic E-state index is 6.12. The Morgan fingerprint density at radius 3 is 2.38 bits per heavy atom. The molecule has 0 bridgehead atoms. The Hall–Kier alpha value is -2.07. The predicted molar refractivity (Wildman–Crippen MR) is 122 cm³/mol. The van der Waals surface area contributed by atoms with Crippen LogP contribution >= 0.6 is 23.2 Å². The number of benzene rings is 2. The van der Waals surface area contributed by atoms with Crippen molar-refractivity contribution in [3.8, 4) is 0 Å². The molecule has 0 amide bonds. The van der Waals surface area contributed by atoms with Gasteiger partial charge in [0.05, 0.1) is 5.02 Å². The number of nitrogens with zero attached hydrogens (tertiary/aromatic N) is 2. The number of hydrogen-bond donors (Lipinski definition) is 1. The van der Waals surface area contributed by atoms with Crippen molar-refractivity contribution in [3.63, 3.8) is 0 Å². The number of nitrogens with one attached hydrogen (secondary N) is 1. The zero-order valence-electron chi connectivity index (χ0n) is 16.4. The minimum atomic E-state index is 0.293. The summed E-state index contributed by atoms with van der Waals surface area (Å²) in [6.45, 7) is 1.95. The first kappa shape index (κ1) is 20.2. The van der Waals surface area contributed by atoms with Gasteiger partial charge in [0.15, 0.2) is 0 Å². The molecule has 1 aliphatic rings. The van der Waals surface area contributed by atoms with Crippen molar-refractivity contribution < 1.29 is 0 Å². The van der Waals surface area contributed by atoms with Crippen LogP contribution in [0.2, 0.25) is 10.0 Å². The van der Waals surface area contributed by atoms with Gasteiger partial charge in [-0.15, -0.1) is 0 Å². The summed E-state index contributed by atoms with van der Waals surface area (Å²) in [6, 6.07) is 23.2. The van der Waals surface area contributed by atoms with E-state index in [9.17, 15) is 0 Å². The summed E-state index contributed by atoms with van der Waals surface area (Å²) in [7, 11) is 2.14. The number of pyridine rings is 1. The highest BCUT2D eigenvalue weighted by atomic mass is 35.5. The Morgan fingerprint density at radius 1 is 0.966 bits per heavy atom. The average molecular weight is 426 g/mol. The van der Waals surface area contributed by atoms with Gasteiger partial charge in [-0.3, -0.25) is 0 Å². The van der Waals surface area contributed by atoms with E-state index in [4.69, 9.17) is 23.2 Å². The van der Waals surface area contributed by atoms with Gasteiger partial charge in [-0.2, -0.15) is 0 Å². The van der Waals surface area contributed by atoms with E-state index in [1.54, 1.807) is 6.20 Å². The number of likely N-dealkylation sites (N-methyl/N-ethyl adjacent to an activating group) is 1. The first-order valence-electron chi connectivity index (χ1n) is 9.96. The van der Waals surface area contributed by atoms with Gasteiger partial charge in [0, 0.05) is 49.2 Å². The molecular weight excluding hydrogens is 401 g/mol. The molecule has 2 aromatic carbocycles. The van der Waals surface area contributed by atoms with Crippen molar-refractivity contribution in [2.24, 2.45) is 5.92 Å². The highest BCUT2D eigenvalue weighted by molar-refractivity contribution is 6.30. The van der Waals surface area contributed by atoms with E-state index in [0.717, 1.165) is 30.4 Å². The molecule has 1 aromatic heterocycles. The minimum absolute atomic E-state index is 0.293. The van der Waals surface area contributed by atoms with Crippen LogP contribution in [0, 0.1) is 5.92 Å². The van der Waals surface area contributed by atoms with Crippen LogP contribution < -0.4 is 10.2 Å². The van der Waals surface area contributed by atoms with Crippen LogP contribution in [0.1, 0.15) is 17.0 Å². The fraction of sp³-hybridized carbons (Fsp3) is 0.292. The number of rotatable bonds is 6. The van der Waals surface area contributed by atoms with Gasteiger partial charge in [0.2, 0.25) is 0 Å². The lowest BCUT2D eigenvalue weighted by molar-refractivity contribution is 0.397. The molecule has 4 rings (SSSR count). The van der Waals surface area contributed by atoms with Crippen molar-refractivity contribution in [1.82, 2.24) is 10.3 Å². The molecule has 1 fully saturated rings. The molecule has 3 unspecified atom stereocenters. The molecule has 0 aliphatic carbocycles. The molecule has 3 atom stereocenters.